The summed E-state index contributed by atoms with van der Waals surface area (Å²) >= 11 is 0. The smallest absolute Gasteiger partial charge is 0.0190 e. The number of hydrogen-bond donors (Lipinski definition) is 0. The van der Waals surface area contributed by atoms with Crippen molar-refractivity contribution in [2.75, 3.05) is 0 Å². The highest BCUT2D eigenvalue weighted by Crippen LogP contribution is 2.21. The van der Waals surface area contributed by atoms with Gasteiger partial charge >= 0.3 is 0 Å². The summed E-state index contributed by atoms with van der Waals surface area (Å²) in [5.74, 6) is 0.729. The molecule has 0 fully saturated rings. The zero-order chi connectivity index (χ0) is 12.3. The Bertz CT molecular complexity index is 263. The average Bonchev–Trinajstić information content (AvgIpc) is 2.38. The molecule has 1 rings (SSSR count). The van der Waals surface area contributed by atoms with E-state index in [-0.39, 0.29) is 0 Å². The Labute approximate surface area is 107 Å². The minimum Gasteiger partial charge on any atom is -0.0654 e. The van der Waals surface area contributed by atoms with E-state index >= 15 is 0 Å². The summed E-state index contributed by atoms with van der Waals surface area (Å²) in [5.41, 5.74) is 1.50. The van der Waals surface area contributed by atoms with Crippen LogP contribution in [-0.4, -0.2) is 0 Å². The predicted octanol–water partition coefficient (Wildman–Crippen LogP) is 5.93. The van der Waals surface area contributed by atoms with E-state index in [1.54, 1.807) is 0 Å². The molecule has 96 valence electrons. The third kappa shape index (κ3) is 6.51. The highest BCUT2D eigenvalue weighted by atomic mass is 14.1. The molecule has 0 heterocycles. The number of hydrogen-bond acceptors (Lipinski definition) is 0. The zero-order valence-corrected chi connectivity index (χ0v) is 11.6. The van der Waals surface area contributed by atoms with Crippen LogP contribution < -0.4 is 0 Å². The molecule has 1 aromatic rings. The van der Waals surface area contributed by atoms with E-state index in [1.807, 2.05) is 0 Å². The first kappa shape index (κ1) is 14.3. The second kappa shape index (κ2) is 9.27. The van der Waals surface area contributed by atoms with E-state index in [4.69, 9.17) is 0 Å². The van der Waals surface area contributed by atoms with Crippen molar-refractivity contribution < 1.29 is 0 Å². The SMILES string of the molecule is CCCCCCCCC[C@@H](C)c1ccccc1. The van der Waals surface area contributed by atoms with Crippen molar-refractivity contribution in [1.82, 2.24) is 0 Å². The minimum atomic E-state index is 0.729. The molecule has 0 unspecified atom stereocenters. The van der Waals surface area contributed by atoms with Crippen LogP contribution in [-0.2, 0) is 0 Å². The van der Waals surface area contributed by atoms with Gasteiger partial charge in [-0.1, -0.05) is 89.1 Å². The molecule has 1 aromatic carbocycles. The molecule has 0 aliphatic rings. The van der Waals surface area contributed by atoms with E-state index in [0.29, 0.717) is 0 Å². The Morgan fingerprint density at radius 1 is 0.824 bits per heavy atom. The third-order valence-electron chi connectivity index (χ3n) is 3.61. The van der Waals surface area contributed by atoms with Crippen LogP contribution in [0.2, 0.25) is 0 Å². The highest BCUT2D eigenvalue weighted by molar-refractivity contribution is 5.18. The Hall–Kier alpha value is -0.780. The van der Waals surface area contributed by atoms with Crippen molar-refractivity contribution in [1.29, 1.82) is 0 Å². The van der Waals surface area contributed by atoms with E-state index in [2.05, 4.69) is 44.2 Å². The van der Waals surface area contributed by atoms with Crippen molar-refractivity contribution in [3.8, 4) is 0 Å². The molecule has 0 aromatic heterocycles. The maximum Gasteiger partial charge on any atom is -0.0190 e. The molecule has 0 aliphatic heterocycles. The molecule has 0 N–H and O–H groups in total. The molecular weight excluding hydrogens is 204 g/mol. The maximum atomic E-state index is 2.35. The van der Waals surface area contributed by atoms with Gasteiger partial charge in [-0.2, -0.15) is 0 Å². The first-order valence-corrected chi connectivity index (χ1v) is 7.39. The van der Waals surface area contributed by atoms with Crippen LogP contribution in [0.4, 0.5) is 0 Å². The zero-order valence-electron chi connectivity index (χ0n) is 11.6. The monoisotopic (exact) mass is 232 g/mol. The number of rotatable bonds is 9. The molecule has 1 atom stereocenters. The largest absolute Gasteiger partial charge is 0.0654 e. The summed E-state index contributed by atoms with van der Waals surface area (Å²) in [6.45, 7) is 4.63. The normalized spacial score (nSPS) is 12.6. The van der Waals surface area contributed by atoms with Crippen LogP contribution in [0.3, 0.4) is 0 Å². The number of unbranched alkanes of at least 4 members (excludes halogenated alkanes) is 6. The van der Waals surface area contributed by atoms with Gasteiger partial charge in [-0.15, -0.1) is 0 Å². The Morgan fingerprint density at radius 2 is 1.41 bits per heavy atom. The highest BCUT2D eigenvalue weighted by Gasteiger charge is 2.03. The van der Waals surface area contributed by atoms with Crippen LogP contribution in [0.1, 0.15) is 76.7 Å². The van der Waals surface area contributed by atoms with Crippen molar-refractivity contribution in [2.45, 2.75) is 71.1 Å². The summed E-state index contributed by atoms with van der Waals surface area (Å²) in [4.78, 5) is 0. The lowest BCUT2D eigenvalue weighted by atomic mass is 9.95. The van der Waals surface area contributed by atoms with Crippen molar-refractivity contribution in [3.05, 3.63) is 35.9 Å². The second-order valence-electron chi connectivity index (χ2n) is 5.22. The molecule has 17 heavy (non-hydrogen) atoms. The van der Waals surface area contributed by atoms with Crippen LogP contribution in [0.25, 0.3) is 0 Å². The third-order valence-corrected chi connectivity index (χ3v) is 3.61. The quantitative estimate of drug-likeness (QED) is 0.463. The van der Waals surface area contributed by atoms with E-state index in [1.165, 1.54) is 56.9 Å². The molecule has 0 saturated carbocycles. The van der Waals surface area contributed by atoms with Gasteiger partial charge in [0.15, 0.2) is 0 Å². The van der Waals surface area contributed by atoms with Gasteiger partial charge in [-0.3, -0.25) is 0 Å². The first-order chi connectivity index (χ1) is 8.34. The molecule has 0 nitrogen and oxygen atoms in total. The van der Waals surface area contributed by atoms with Gasteiger partial charge in [-0.25, -0.2) is 0 Å². The molecule has 0 spiro atoms. The molecule has 0 heteroatoms. The van der Waals surface area contributed by atoms with E-state index < -0.39 is 0 Å². The van der Waals surface area contributed by atoms with Crippen molar-refractivity contribution >= 4 is 0 Å². The number of benzene rings is 1. The van der Waals surface area contributed by atoms with Crippen LogP contribution in [0.5, 0.6) is 0 Å². The Balaban J connectivity index is 2.03. The summed E-state index contributed by atoms with van der Waals surface area (Å²) in [5, 5.41) is 0. The molecular formula is C17H28. The molecule has 0 saturated heterocycles. The fourth-order valence-electron chi connectivity index (χ4n) is 2.36. The average molecular weight is 232 g/mol. The van der Waals surface area contributed by atoms with Crippen molar-refractivity contribution in [2.24, 2.45) is 0 Å². The fourth-order valence-corrected chi connectivity index (χ4v) is 2.36. The van der Waals surface area contributed by atoms with Gasteiger partial charge in [0.2, 0.25) is 0 Å². The van der Waals surface area contributed by atoms with Gasteiger partial charge in [0.1, 0.15) is 0 Å². The topological polar surface area (TPSA) is 0 Å². The lowest BCUT2D eigenvalue weighted by molar-refractivity contribution is 0.549. The second-order valence-corrected chi connectivity index (χ2v) is 5.22. The molecule has 0 aliphatic carbocycles. The standard InChI is InChI=1S/C17H28/c1-3-4-5-6-7-8-10-13-16(2)17-14-11-9-12-15-17/h9,11-12,14-16H,3-8,10,13H2,1-2H3/t16-/m1/s1. The molecule has 0 radical (unpaired) electrons. The van der Waals surface area contributed by atoms with E-state index in [9.17, 15) is 0 Å². The lowest BCUT2D eigenvalue weighted by Crippen LogP contribution is -1.93. The van der Waals surface area contributed by atoms with Gasteiger partial charge < -0.3 is 0 Å². The summed E-state index contributed by atoms with van der Waals surface area (Å²) in [6, 6.07) is 10.9. The first-order valence-electron chi connectivity index (χ1n) is 7.39. The summed E-state index contributed by atoms with van der Waals surface area (Å²) < 4.78 is 0. The fraction of sp³-hybridized carbons (Fsp3) is 0.647. The van der Waals surface area contributed by atoms with Gasteiger partial charge in [-0.05, 0) is 17.9 Å². The van der Waals surface area contributed by atoms with Gasteiger partial charge in [0.05, 0.1) is 0 Å². The van der Waals surface area contributed by atoms with Crippen LogP contribution >= 0.6 is 0 Å². The minimum absolute atomic E-state index is 0.729. The Kier molecular flexibility index (Phi) is 7.79. The molecule has 0 bridgehead atoms. The predicted molar refractivity (Wildman–Crippen MR) is 77.5 cm³/mol. The van der Waals surface area contributed by atoms with E-state index in [0.717, 1.165) is 5.92 Å². The maximum absolute atomic E-state index is 2.35. The van der Waals surface area contributed by atoms with Crippen LogP contribution in [0, 0.1) is 0 Å². The van der Waals surface area contributed by atoms with Gasteiger partial charge in [0, 0.05) is 0 Å². The summed E-state index contributed by atoms with van der Waals surface area (Å²) in [6.07, 6.45) is 11.2. The van der Waals surface area contributed by atoms with Crippen molar-refractivity contribution in [3.63, 3.8) is 0 Å². The lowest BCUT2D eigenvalue weighted by Gasteiger charge is -2.11. The van der Waals surface area contributed by atoms with Crippen LogP contribution in [0.15, 0.2) is 30.3 Å². The molecule has 0 amide bonds. The summed E-state index contributed by atoms with van der Waals surface area (Å²) in [7, 11) is 0. The Morgan fingerprint density at radius 3 is 2.06 bits per heavy atom. The van der Waals surface area contributed by atoms with Gasteiger partial charge in [0.25, 0.3) is 0 Å².